The van der Waals surface area contributed by atoms with E-state index in [1.807, 2.05) is 18.2 Å². The Kier molecular flexibility index (Phi) is 3.63. The van der Waals surface area contributed by atoms with Crippen LogP contribution < -0.4 is 0 Å². The molecule has 0 N–H and O–H groups in total. The molecule has 1 aromatic rings. The highest BCUT2D eigenvalue weighted by molar-refractivity contribution is 6.56. The van der Waals surface area contributed by atoms with Crippen molar-refractivity contribution in [2.45, 2.75) is 19.1 Å². The fraction of sp³-hybridized carbons (Fsp3) is 0.273. The van der Waals surface area contributed by atoms with Gasteiger partial charge < -0.3 is 0 Å². The minimum Gasteiger partial charge on any atom is -0.101 e. The van der Waals surface area contributed by atoms with E-state index >= 15 is 0 Å². The van der Waals surface area contributed by atoms with Crippen molar-refractivity contribution >= 4 is 8.80 Å². The van der Waals surface area contributed by atoms with E-state index < -0.39 is 8.80 Å². The number of hydrogen-bond acceptors (Lipinski definition) is 0. The number of benzene rings is 1. The van der Waals surface area contributed by atoms with Crippen molar-refractivity contribution in [2.75, 3.05) is 0 Å². The van der Waals surface area contributed by atoms with Crippen LogP contribution in [0.5, 0.6) is 0 Å². The molecular formula is C11H14Si. The quantitative estimate of drug-likeness (QED) is 0.453. The molecule has 0 aromatic heterocycles. The fourth-order valence-corrected chi connectivity index (χ4v) is 1.39. The second-order valence-corrected chi connectivity index (χ2v) is 6.46. The van der Waals surface area contributed by atoms with E-state index in [0.717, 1.165) is 11.6 Å². The van der Waals surface area contributed by atoms with Gasteiger partial charge >= 0.3 is 0 Å². The van der Waals surface area contributed by atoms with Crippen molar-refractivity contribution in [1.82, 2.24) is 0 Å². The Hall–Kier alpha value is -1.00. The maximum atomic E-state index is 3.21. The summed E-state index contributed by atoms with van der Waals surface area (Å²) in [4.78, 5) is 0. The first-order chi connectivity index (χ1) is 5.79. The van der Waals surface area contributed by atoms with Gasteiger partial charge in [0.15, 0.2) is 0 Å². The molecule has 0 bridgehead atoms. The van der Waals surface area contributed by atoms with Gasteiger partial charge in [0.1, 0.15) is 0 Å². The van der Waals surface area contributed by atoms with Gasteiger partial charge in [-0.2, -0.15) is 0 Å². The lowest BCUT2D eigenvalue weighted by Gasteiger charge is -1.91. The van der Waals surface area contributed by atoms with Gasteiger partial charge in [0.05, 0.1) is 0 Å². The second kappa shape index (κ2) is 4.79. The average molecular weight is 174 g/mol. The van der Waals surface area contributed by atoms with Gasteiger partial charge in [-0.25, -0.2) is 0 Å². The van der Waals surface area contributed by atoms with Crippen molar-refractivity contribution in [2.24, 2.45) is 0 Å². The first kappa shape index (κ1) is 9.09. The Balaban J connectivity index is 2.55. The molecule has 1 rings (SSSR count). The van der Waals surface area contributed by atoms with Crippen molar-refractivity contribution in [3.8, 4) is 11.8 Å². The second-order valence-electron chi connectivity index (χ2n) is 3.27. The topological polar surface area (TPSA) is 0 Å². The van der Waals surface area contributed by atoms with Gasteiger partial charge in [0.25, 0.3) is 0 Å². The lowest BCUT2D eigenvalue weighted by atomic mass is 10.2. The molecular weight excluding hydrogens is 160 g/mol. The molecule has 12 heavy (non-hydrogen) atoms. The molecule has 0 fully saturated rings. The van der Waals surface area contributed by atoms with E-state index in [2.05, 4.69) is 37.1 Å². The van der Waals surface area contributed by atoms with Gasteiger partial charge in [0, 0.05) is 20.4 Å². The van der Waals surface area contributed by atoms with Gasteiger partial charge in [-0.1, -0.05) is 37.2 Å². The highest BCUT2D eigenvalue weighted by Gasteiger charge is 1.88. The fourth-order valence-electron chi connectivity index (χ4n) is 0.879. The van der Waals surface area contributed by atoms with Gasteiger partial charge in [-0.3, -0.25) is 0 Å². The first-order valence-electron chi connectivity index (χ1n) is 4.33. The largest absolute Gasteiger partial charge is 0.101 e. The first-order valence-corrected chi connectivity index (χ1v) is 7.45. The Labute approximate surface area is 76.2 Å². The molecule has 0 amide bonds. The maximum Gasteiger partial charge on any atom is 0.0443 e. The smallest absolute Gasteiger partial charge is 0.0443 e. The van der Waals surface area contributed by atoms with Crippen LogP contribution in [0.3, 0.4) is 0 Å². The summed E-state index contributed by atoms with van der Waals surface area (Å²) < 4.78 is 0. The number of rotatable bonds is 1. The summed E-state index contributed by atoms with van der Waals surface area (Å²) in [5.74, 6) is 6.37. The third-order valence-corrected chi connectivity index (χ3v) is 2.54. The summed E-state index contributed by atoms with van der Waals surface area (Å²) in [6.45, 7) is 4.64. The van der Waals surface area contributed by atoms with Crippen molar-refractivity contribution in [1.29, 1.82) is 0 Å². The van der Waals surface area contributed by atoms with Crippen LogP contribution in [0.1, 0.15) is 5.56 Å². The van der Waals surface area contributed by atoms with Crippen LogP contribution in [0.25, 0.3) is 0 Å². The zero-order valence-corrected chi connectivity index (χ0v) is 8.83. The molecule has 0 aliphatic carbocycles. The summed E-state index contributed by atoms with van der Waals surface area (Å²) in [6, 6.07) is 11.3. The molecule has 0 spiro atoms. The minimum atomic E-state index is -0.485. The number of hydrogen-bond donors (Lipinski definition) is 0. The Morgan fingerprint density at radius 1 is 1.17 bits per heavy atom. The lowest BCUT2D eigenvalue weighted by molar-refractivity contribution is 1.63. The van der Waals surface area contributed by atoms with E-state index in [1.54, 1.807) is 0 Å². The molecule has 0 nitrogen and oxygen atoms in total. The molecule has 1 aromatic carbocycles. The van der Waals surface area contributed by atoms with Crippen molar-refractivity contribution in [3.63, 3.8) is 0 Å². The van der Waals surface area contributed by atoms with Crippen LogP contribution >= 0.6 is 0 Å². The lowest BCUT2D eigenvalue weighted by Crippen LogP contribution is -1.95. The monoisotopic (exact) mass is 174 g/mol. The van der Waals surface area contributed by atoms with Gasteiger partial charge in [-0.15, -0.1) is 5.92 Å². The Bertz CT molecular complexity index is 277. The molecule has 62 valence electrons. The Morgan fingerprint density at radius 2 is 1.83 bits per heavy atom. The Morgan fingerprint density at radius 3 is 2.42 bits per heavy atom. The van der Waals surface area contributed by atoms with E-state index in [4.69, 9.17) is 0 Å². The summed E-state index contributed by atoms with van der Waals surface area (Å²) in [5.41, 5.74) is 1.13. The molecule has 1 heteroatoms. The summed E-state index contributed by atoms with van der Waals surface area (Å²) >= 11 is 0. The van der Waals surface area contributed by atoms with Crippen molar-refractivity contribution < 1.29 is 0 Å². The highest BCUT2D eigenvalue weighted by atomic mass is 28.3. The van der Waals surface area contributed by atoms with Gasteiger partial charge in [-0.05, 0) is 12.1 Å². The van der Waals surface area contributed by atoms with E-state index in [1.165, 1.54) is 0 Å². The van der Waals surface area contributed by atoms with Crippen LogP contribution in [-0.2, 0) is 0 Å². The normalized spacial score (nSPS) is 9.25. The molecule has 0 aliphatic rings. The highest BCUT2D eigenvalue weighted by Crippen LogP contribution is 1.95. The molecule has 0 saturated heterocycles. The summed E-state index contributed by atoms with van der Waals surface area (Å²) in [5, 5.41) is 0. The third kappa shape index (κ3) is 3.41. The molecule has 0 atom stereocenters. The van der Waals surface area contributed by atoms with Crippen LogP contribution in [0.4, 0.5) is 0 Å². The van der Waals surface area contributed by atoms with Crippen LogP contribution in [0.15, 0.2) is 30.3 Å². The predicted octanol–water partition coefficient (Wildman–Crippen LogP) is 2.52. The minimum absolute atomic E-state index is 0.485. The van der Waals surface area contributed by atoms with Crippen LogP contribution in [0.2, 0.25) is 19.1 Å². The van der Waals surface area contributed by atoms with Crippen molar-refractivity contribution in [3.05, 3.63) is 35.9 Å². The molecule has 0 aliphatic heterocycles. The maximum absolute atomic E-state index is 3.21. The third-order valence-electron chi connectivity index (χ3n) is 1.52. The van der Waals surface area contributed by atoms with Crippen LogP contribution in [0, 0.1) is 11.8 Å². The van der Waals surface area contributed by atoms with E-state index in [0.29, 0.717) is 0 Å². The van der Waals surface area contributed by atoms with E-state index in [-0.39, 0.29) is 0 Å². The molecule has 0 unspecified atom stereocenters. The average Bonchev–Trinajstić information content (AvgIpc) is 2.05. The van der Waals surface area contributed by atoms with Crippen LogP contribution in [-0.4, -0.2) is 8.80 Å². The summed E-state index contributed by atoms with van der Waals surface area (Å²) in [6.07, 6.45) is 0. The predicted molar refractivity (Wildman–Crippen MR) is 57.0 cm³/mol. The molecule has 0 saturated carbocycles. The van der Waals surface area contributed by atoms with Gasteiger partial charge in [0.2, 0.25) is 0 Å². The molecule has 0 radical (unpaired) electrons. The standard InChI is InChI=1S/C11H14Si/c1-12(2)10-6-9-11-7-4-3-5-8-11/h3-5,7-8,12H,10H2,1-2H3. The zero-order valence-electron chi connectivity index (χ0n) is 7.67. The molecule has 0 heterocycles. The summed E-state index contributed by atoms with van der Waals surface area (Å²) in [7, 11) is -0.485. The SMILES string of the molecule is C[SiH](C)CC#Cc1ccccc1. The zero-order chi connectivity index (χ0) is 8.81. The van der Waals surface area contributed by atoms with E-state index in [9.17, 15) is 0 Å².